The zero-order valence-corrected chi connectivity index (χ0v) is 13.2. The van der Waals surface area contributed by atoms with Gasteiger partial charge < -0.3 is 10.1 Å². The SMILES string of the molecule is CNc1nc([C@H]2CC3CC3N2C(=O)OC(C)(C)C)cs1. The minimum absolute atomic E-state index is 0.0759. The van der Waals surface area contributed by atoms with Crippen LogP contribution in [0.25, 0.3) is 0 Å². The van der Waals surface area contributed by atoms with E-state index in [4.69, 9.17) is 4.74 Å². The zero-order valence-electron chi connectivity index (χ0n) is 12.3. The number of amides is 1. The summed E-state index contributed by atoms with van der Waals surface area (Å²) in [6.07, 6.45) is 1.92. The van der Waals surface area contributed by atoms with Crippen LogP contribution in [0.4, 0.5) is 9.93 Å². The largest absolute Gasteiger partial charge is 0.444 e. The maximum absolute atomic E-state index is 12.4. The summed E-state index contributed by atoms with van der Waals surface area (Å²) in [5.74, 6) is 0.632. The molecule has 2 aliphatic rings. The molecule has 1 aromatic rings. The molecule has 20 heavy (non-hydrogen) atoms. The number of thiazole rings is 1. The molecular formula is C14H21N3O2S. The highest BCUT2D eigenvalue weighted by atomic mass is 32.1. The second kappa shape index (κ2) is 4.62. The maximum atomic E-state index is 12.4. The van der Waals surface area contributed by atoms with Crippen LogP contribution in [0.3, 0.4) is 0 Å². The highest BCUT2D eigenvalue weighted by Gasteiger charge is 2.55. The zero-order chi connectivity index (χ0) is 14.5. The highest BCUT2D eigenvalue weighted by Crippen LogP contribution is 2.54. The molecule has 6 heteroatoms. The van der Waals surface area contributed by atoms with E-state index < -0.39 is 5.60 Å². The van der Waals surface area contributed by atoms with Crippen LogP contribution in [0.1, 0.15) is 45.3 Å². The van der Waals surface area contributed by atoms with Crippen molar-refractivity contribution in [2.45, 2.75) is 51.3 Å². The summed E-state index contributed by atoms with van der Waals surface area (Å²) in [4.78, 5) is 18.9. The van der Waals surface area contributed by atoms with Gasteiger partial charge in [-0.1, -0.05) is 0 Å². The molecule has 3 rings (SSSR count). The van der Waals surface area contributed by atoms with Crippen molar-refractivity contribution < 1.29 is 9.53 Å². The molecule has 1 aliphatic carbocycles. The lowest BCUT2D eigenvalue weighted by Gasteiger charge is -2.29. The number of rotatable bonds is 2. The van der Waals surface area contributed by atoms with Crippen molar-refractivity contribution in [3.05, 3.63) is 11.1 Å². The average molecular weight is 295 g/mol. The number of nitrogens with zero attached hydrogens (tertiary/aromatic N) is 2. The Morgan fingerprint density at radius 2 is 2.25 bits per heavy atom. The minimum atomic E-state index is -0.452. The van der Waals surface area contributed by atoms with Crippen LogP contribution in [0.5, 0.6) is 0 Å². The molecule has 5 nitrogen and oxygen atoms in total. The summed E-state index contributed by atoms with van der Waals surface area (Å²) in [5.41, 5.74) is 0.532. The van der Waals surface area contributed by atoms with Gasteiger partial charge in [0, 0.05) is 18.5 Å². The first kappa shape index (κ1) is 13.7. The van der Waals surface area contributed by atoms with Gasteiger partial charge in [0.25, 0.3) is 0 Å². The molecule has 0 aromatic carbocycles. The van der Waals surface area contributed by atoms with Crippen molar-refractivity contribution in [1.29, 1.82) is 0 Å². The fraction of sp³-hybridized carbons (Fsp3) is 0.714. The predicted molar refractivity (Wildman–Crippen MR) is 79.0 cm³/mol. The first-order valence-electron chi connectivity index (χ1n) is 7.03. The average Bonchev–Trinajstić information content (AvgIpc) is 2.83. The van der Waals surface area contributed by atoms with E-state index in [-0.39, 0.29) is 12.1 Å². The first-order valence-corrected chi connectivity index (χ1v) is 7.91. The molecule has 1 saturated heterocycles. The van der Waals surface area contributed by atoms with E-state index in [1.165, 1.54) is 0 Å². The van der Waals surface area contributed by atoms with E-state index in [1.807, 2.05) is 38.1 Å². The van der Waals surface area contributed by atoms with Gasteiger partial charge in [0.1, 0.15) is 5.60 Å². The number of piperidine rings is 1. The number of carbonyl (C=O) groups excluding carboxylic acids is 1. The summed E-state index contributed by atoms with van der Waals surface area (Å²) >= 11 is 1.58. The molecule has 110 valence electrons. The van der Waals surface area contributed by atoms with Crippen molar-refractivity contribution in [3.63, 3.8) is 0 Å². The standard InChI is InChI=1S/C14H21N3O2S/c1-14(2,3)19-13(18)17-10-5-8(10)6-11(17)9-7-20-12(15-4)16-9/h7-8,10-11H,5-6H2,1-4H3,(H,15,16)/t8?,10?,11-/m1/s1. The molecule has 0 bridgehead atoms. The summed E-state index contributed by atoms with van der Waals surface area (Å²) in [7, 11) is 1.86. The van der Waals surface area contributed by atoms with Crippen LogP contribution in [-0.2, 0) is 4.74 Å². The Morgan fingerprint density at radius 1 is 1.50 bits per heavy atom. The van der Waals surface area contributed by atoms with Crippen LogP contribution in [0.2, 0.25) is 0 Å². The summed E-state index contributed by atoms with van der Waals surface area (Å²) in [5, 5.41) is 5.98. The number of likely N-dealkylation sites (tertiary alicyclic amines) is 1. The lowest BCUT2D eigenvalue weighted by molar-refractivity contribution is 0.0179. The Morgan fingerprint density at radius 3 is 2.85 bits per heavy atom. The number of ether oxygens (including phenoxy) is 1. The Kier molecular flexibility index (Phi) is 3.16. The van der Waals surface area contributed by atoms with Crippen LogP contribution < -0.4 is 5.32 Å². The molecule has 0 radical (unpaired) electrons. The Hall–Kier alpha value is -1.30. The molecule has 2 heterocycles. The number of anilines is 1. The van der Waals surface area contributed by atoms with Gasteiger partial charge in [0.2, 0.25) is 0 Å². The predicted octanol–water partition coefficient (Wildman–Crippen LogP) is 3.26. The van der Waals surface area contributed by atoms with E-state index in [1.54, 1.807) is 11.3 Å². The molecule has 1 aliphatic heterocycles. The molecule has 2 unspecified atom stereocenters. The second-order valence-corrected chi connectivity index (χ2v) is 7.39. The molecule has 1 saturated carbocycles. The number of hydrogen-bond acceptors (Lipinski definition) is 5. The van der Waals surface area contributed by atoms with Gasteiger partial charge >= 0.3 is 6.09 Å². The molecule has 3 atom stereocenters. The van der Waals surface area contributed by atoms with Crippen molar-refractivity contribution in [2.75, 3.05) is 12.4 Å². The van der Waals surface area contributed by atoms with Crippen LogP contribution >= 0.6 is 11.3 Å². The van der Waals surface area contributed by atoms with E-state index in [9.17, 15) is 4.79 Å². The van der Waals surface area contributed by atoms with Crippen molar-refractivity contribution in [2.24, 2.45) is 5.92 Å². The van der Waals surface area contributed by atoms with Gasteiger partial charge in [-0.3, -0.25) is 4.90 Å². The minimum Gasteiger partial charge on any atom is -0.444 e. The normalized spacial score (nSPS) is 28.2. The molecule has 0 spiro atoms. The lowest BCUT2D eigenvalue weighted by atomic mass is 10.1. The van der Waals surface area contributed by atoms with Crippen LogP contribution in [0.15, 0.2) is 5.38 Å². The summed E-state index contributed by atoms with van der Waals surface area (Å²) in [6.45, 7) is 5.72. The van der Waals surface area contributed by atoms with Gasteiger partial charge in [-0.15, -0.1) is 11.3 Å². The Balaban J connectivity index is 1.79. The lowest BCUT2D eigenvalue weighted by Crippen LogP contribution is -2.38. The maximum Gasteiger partial charge on any atom is 0.411 e. The number of carbonyl (C=O) groups is 1. The number of hydrogen-bond donors (Lipinski definition) is 1. The smallest absolute Gasteiger partial charge is 0.411 e. The van der Waals surface area contributed by atoms with Crippen molar-refractivity contribution in [1.82, 2.24) is 9.88 Å². The van der Waals surface area contributed by atoms with E-state index in [2.05, 4.69) is 10.3 Å². The highest BCUT2D eigenvalue weighted by molar-refractivity contribution is 7.13. The molecule has 1 aromatic heterocycles. The third-order valence-electron chi connectivity index (χ3n) is 3.79. The van der Waals surface area contributed by atoms with Crippen LogP contribution in [-0.4, -0.2) is 34.7 Å². The van der Waals surface area contributed by atoms with Crippen LogP contribution in [0, 0.1) is 5.92 Å². The van der Waals surface area contributed by atoms with Crippen molar-refractivity contribution >= 4 is 22.6 Å². The Bertz CT molecular complexity index is 523. The number of nitrogens with one attached hydrogen (secondary N) is 1. The fourth-order valence-electron chi connectivity index (χ4n) is 2.85. The quantitative estimate of drug-likeness (QED) is 0.910. The topological polar surface area (TPSA) is 54.5 Å². The third kappa shape index (κ3) is 2.49. The summed E-state index contributed by atoms with van der Waals surface area (Å²) < 4.78 is 5.55. The van der Waals surface area contributed by atoms with E-state index in [0.29, 0.717) is 12.0 Å². The summed E-state index contributed by atoms with van der Waals surface area (Å²) in [6, 6.07) is 0.432. The van der Waals surface area contributed by atoms with E-state index >= 15 is 0 Å². The van der Waals surface area contributed by atoms with Gasteiger partial charge in [0.05, 0.1) is 11.7 Å². The first-order chi connectivity index (χ1) is 9.39. The fourth-order valence-corrected chi connectivity index (χ4v) is 3.57. The van der Waals surface area contributed by atoms with Crippen molar-refractivity contribution in [3.8, 4) is 0 Å². The van der Waals surface area contributed by atoms with Gasteiger partial charge in [0.15, 0.2) is 5.13 Å². The number of aromatic nitrogens is 1. The Labute approximate surface area is 123 Å². The second-order valence-electron chi connectivity index (χ2n) is 6.53. The molecular weight excluding hydrogens is 274 g/mol. The van der Waals surface area contributed by atoms with Gasteiger partial charge in [-0.25, -0.2) is 9.78 Å². The van der Waals surface area contributed by atoms with Gasteiger partial charge in [-0.05, 0) is 39.5 Å². The molecule has 1 amide bonds. The third-order valence-corrected chi connectivity index (χ3v) is 4.66. The van der Waals surface area contributed by atoms with E-state index in [0.717, 1.165) is 23.7 Å². The molecule has 1 N–H and O–H groups in total. The monoisotopic (exact) mass is 295 g/mol. The number of fused-ring (bicyclic) bond motifs is 1. The molecule has 2 fully saturated rings. The van der Waals surface area contributed by atoms with Gasteiger partial charge in [-0.2, -0.15) is 0 Å².